The number of aromatic nitrogens is 2. The number of fused-ring (bicyclic) bond motifs is 2. The third-order valence-corrected chi connectivity index (χ3v) is 6.14. The molecule has 0 radical (unpaired) electrons. The smallest absolute Gasteiger partial charge is 0.306 e. The summed E-state index contributed by atoms with van der Waals surface area (Å²) < 4.78 is 5.27. The van der Waals surface area contributed by atoms with Gasteiger partial charge in [0.15, 0.2) is 6.61 Å². The predicted molar refractivity (Wildman–Crippen MR) is 95.3 cm³/mol. The fourth-order valence-corrected chi connectivity index (χ4v) is 4.74. The minimum atomic E-state index is -0.216. The van der Waals surface area contributed by atoms with E-state index in [0.29, 0.717) is 50.4 Å². The van der Waals surface area contributed by atoms with E-state index < -0.39 is 0 Å². The molecule has 0 aromatic carbocycles. The van der Waals surface area contributed by atoms with Gasteiger partial charge in [-0.05, 0) is 43.1 Å². The van der Waals surface area contributed by atoms with Gasteiger partial charge in [-0.25, -0.2) is 9.97 Å². The molecule has 7 nitrogen and oxygen atoms in total. The van der Waals surface area contributed by atoms with Gasteiger partial charge in [0.2, 0.25) is 5.95 Å². The monoisotopic (exact) mass is 358 g/mol. The van der Waals surface area contributed by atoms with Crippen molar-refractivity contribution in [1.29, 1.82) is 0 Å². The van der Waals surface area contributed by atoms with Crippen LogP contribution in [-0.2, 0) is 14.3 Å². The van der Waals surface area contributed by atoms with Crippen molar-refractivity contribution in [3.8, 4) is 0 Å². The molecule has 0 spiro atoms. The highest BCUT2D eigenvalue weighted by molar-refractivity contribution is 5.81. The van der Waals surface area contributed by atoms with Gasteiger partial charge in [0, 0.05) is 45.0 Å². The van der Waals surface area contributed by atoms with Gasteiger partial charge in [-0.15, -0.1) is 0 Å². The van der Waals surface area contributed by atoms with Crippen LogP contribution in [0.4, 0.5) is 5.95 Å². The third-order valence-electron chi connectivity index (χ3n) is 6.14. The van der Waals surface area contributed by atoms with Crippen molar-refractivity contribution in [2.75, 3.05) is 37.7 Å². The van der Waals surface area contributed by atoms with E-state index in [-0.39, 0.29) is 18.5 Å². The van der Waals surface area contributed by atoms with Gasteiger partial charge >= 0.3 is 5.97 Å². The SMILES string of the molecule is O=C(C[C@H]1C[C@H]2CC[C@@H]1C2)OCC(=O)N1CCN(c2ncccn2)CC1. The Morgan fingerprint density at radius 1 is 1.08 bits per heavy atom. The van der Waals surface area contributed by atoms with Gasteiger partial charge < -0.3 is 14.5 Å². The molecule has 2 bridgehead atoms. The molecule has 7 heteroatoms. The maximum absolute atomic E-state index is 12.3. The van der Waals surface area contributed by atoms with Crippen molar-refractivity contribution in [3.05, 3.63) is 18.5 Å². The second-order valence-corrected chi connectivity index (χ2v) is 7.72. The summed E-state index contributed by atoms with van der Waals surface area (Å²) >= 11 is 0. The van der Waals surface area contributed by atoms with Crippen LogP contribution in [0, 0.1) is 17.8 Å². The summed E-state index contributed by atoms with van der Waals surface area (Å²) in [7, 11) is 0. The minimum Gasteiger partial charge on any atom is -0.456 e. The van der Waals surface area contributed by atoms with Crippen LogP contribution in [0.3, 0.4) is 0 Å². The maximum Gasteiger partial charge on any atom is 0.306 e. The molecule has 1 aromatic heterocycles. The van der Waals surface area contributed by atoms with Crippen LogP contribution in [0.1, 0.15) is 32.1 Å². The molecule has 26 heavy (non-hydrogen) atoms. The zero-order valence-electron chi connectivity index (χ0n) is 15.0. The number of ether oxygens (including phenoxy) is 1. The Bertz CT molecular complexity index is 645. The fraction of sp³-hybridized carbons (Fsp3) is 0.684. The van der Waals surface area contributed by atoms with E-state index in [2.05, 4.69) is 14.9 Å². The average molecular weight is 358 g/mol. The zero-order valence-corrected chi connectivity index (χ0v) is 15.0. The topological polar surface area (TPSA) is 75.6 Å². The van der Waals surface area contributed by atoms with Gasteiger partial charge in [0.1, 0.15) is 0 Å². The van der Waals surface area contributed by atoms with Crippen LogP contribution >= 0.6 is 0 Å². The van der Waals surface area contributed by atoms with Gasteiger partial charge in [0.05, 0.1) is 0 Å². The number of rotatable bonds is 5. The van der Waals surface area contributed by atoms with E-state index in [4.69, 9.17) is 4.74 Å². The number of carbonyl (C=O) groups excluding carboxylic acids is 2. The van der Waals surface area contributed by atoms with Crippen LogP contribution in [-0.4, -0.2) is 59.5 Å². The molecule has 3 fully saturated rings. The lowest BCUT2D eigenvalue weighted by atomic mass is 9.86. The summed E-state index contributed by atoms with van der Waals surface area (Å²) in [6.45, 7) is 2.44. The summed E-state index contributed by atoms with van der Waals surface area (Å²) in [5, 5.41) is 0. The minimum absolute atomic E-state index is 0.111. The number of piperazine rings is 1. The van der Waals surface area contributed by atoms with Gasteiger partial charge in [-0.1, -0.05) is 6.42 Å². The molecule has 140 valence electrons. The standard InChI is InChI=1S/C19H26N4O3/c24-17(13-26-18(25)12-16-11-14-2-3-15(16)10-14)22-6-8-23(9-7-22)19-20-4-1-5-21-19/h1,4-5,14-16H,2-3,6-13H2/t14-,15+,16+/m0/s1. The molecule has 4 rings (SSSR count). The molecular weight excluding hydrogens is 332 g/mol. The van der Waals surface area contributed by atoms with E-state index in [9.17, 15) is 9.59 Å². The van der Waals surface area contributed by atoms with E-state index in [1.807, 2.05) is 0 Å². The van der Waals surface area contributed by atoms with Crippen molar-refractivity contribution in [2.45, 2.75) is 32.1 Å². The Hall–Kier alpha value is -2.18. The van der Waals surface area contributed by atoms with Crippen molar-refractivity contribution in [2.24, 2.45) is 17.8 Å². The first kappa shape index (κ1) is 17.2. The molecule has 3 aliphatic rings. The molecule has 3 atom stereocenters. The van der Waals surface area contributed by atoms with Crippen molar-refractivity contribution in [3.63, 3.8) is 0 Å². The zero-order chi connectivity index (χ0) is 17.9. The Morgan fingerprint density at radius 3 is 2.50 bits per heavy atom. The lowest BCUT2D eigenvalue weighted by Gasteiger charge is -2.34. The highest BCUT2D eigenvalue weighted by atomic mass is 16.5. The predicted octanol–water partition coefficient (Wildman–Crippen LogP) is 1.49. The highest BCUT2D eigenvalue weighted by Gasteiger charge is 2.40. The van der Waals surface area contributed by atoms with E-state index in [1.54, 1.807) is 23.4 Å². The molecule has 1 aromatic rings. The number of esters is 1. The summed E-state index contributed by atoms with van der Waals surface area (Å²) in [6.07, 6.45) is 8.95. The highest BCUT2D eigenvalue weighted by Crippen LogP contribution is 2.49. The molecular formula is C19H26N4O3. The lowest BCUT2D eigenvalue weighted by Crippen LogP contribution is -2.50. The number of anilines is 1. The second kappa shape index (κ2) is 7.60. The second-order valence-electron chi connectivity index (χ2n) is 7.72. The van der Waals surface area contributed by atoms with Gasteiger partial charge in [0.25, 0.3) is 5.91 Å². The first-order valence-electron chi connectivity index (χ1n) is 9.64. The summed E-state index contributed by atoms with van der Waals surface area (Å²) in [5.41, 5.74) is 0. The molecule has 1 saturated heterocycles. The Kier molecular flexibility index (Phi) is 5.04. The van der Waals surface area contributed by atoms with E-state index in [0.717, 1.165) is 12.3 Å². The van der Waals surface area contributed by atoms with Crippen LogP contribution in [0.25, 0.3) is 0 Å². The third kappa shape index (κ3) is 3.81. The maximum atomic E-state index is 12.3. The number of amides is 1. The van der Waals surface area contributed by atoms with Crippen LogP contribution in [0.5, 0.6) is 0 Å². The number of hydrogen-bond donors (Lipinski definition) is 0. The van der Waals surface area contributed by atoms with E-state index in [1.165, 1.54) is 19.3 Å². The lowest BCUT2D eigenvalue weighted by molar-refractivity contribution is -0.153. The summed E-state index contributed by atoms with van der Waals surface area (Å²) in [6, 6.07) is 1.79. The van der Waals surface area contributed by atoms with Gasteiger partial charge in [-0.3, -0.25) is 9.59 Å². The van der Waals surface area contributed by atoms with Crippen LogP contribution in [0.15, 0.2) is 18.5 Å². The molecule has 1 aliphatic heterocycles. The number of nitrogens with zero attached hydrogens (tertiary/aromatic N) is 4. The van der Waals surface area contributed by atoms with Crippen molar-refractivity contribution < 1.29 is 14.3 Å². The normalized spacial score (nSPS) is 27.6. The van der Waals surface area contributed by atoms with Crippen molar-refractivity contribution in [1.82, 2.24) is 14.9 Å². The Balaban J connectivity index is 1.18. The van der Waals surface area contributed by atoms with Crippen LogP contribution < -0.4 is 4.90 Å². The molecule has 0 unspecified atom stereocenters. The fourth-order valence-electron chi connectivity index (χ4n) is 4.74. The Morgan fingerprint density at radius 2 is 1.85 bits per heavy atom. The van der Waals surface area contributed by atoms with E-state index >= 15 is 0 Å². The first-order valence-corrected chi connectivity index (χ1v) is 9.64. The number of hydrogen-bond acceptors (Lipinski definition) is 6. The van der Waals surface area contributed by atoms with Crippen LogP contribution in [0.2, 0.25) is 0 Å². The largest absolute Gasteiger partial charge is 0.456 e. The quantitative estimate of drug-likeness (QED) is 0.743. The first-order chi connectivity index (χ1) is 12.7. The summed E-state index contributed by atoms with van der Waals surface area (Å²) in [4.78, 5) is 36.7. The molecule has 2 heterocycles. The molecule has 2 saturated carbocycles. The Labute approximate surface area is 153 Å². The summed E-state index contributed by atoms with van der Waals surface area (Å²) in [5.74, 6) is 2.37. The molecule has 1 amide bonds. The van der Waals surface area contributed by atoms with Crippen molar-refractivity contribution >= 4 is 17.8 Å². The van der Waals surface area contributed by atoms with Gasteiger partial charge in [-0.2, -0.15) is 0 Å². The molecule has 2 aliphatic carbocycles. The average Bonchev–Trinajstić information content (AvgIpc) is 3.30. The number of carbonyl (C=O) groups is 2. The molecule has 0 N–H and O–H groups in total.